The molecule has 0 aliphatic carbocycles. The Morgan fingerprint density at radius 2 is 1.53 bits per heavy atom. The van der Waals surface area contributed by atoms with Crippen molar-refractivity contribution in [2.75, 3.05) is 26.2 Å². The van der Waals surface area contributed by atoms with Gasteiger partial charge in [0.2, 0.25) is 10.0 Å². The van der Waals surface area contributed by atoms with Gasteiger partial charge in [-0.25, -0.2) is 12.8 Å². The highest BCUT2D eigenvalue weighted by molar-refractivity contribution is 7.89. The van der Waals surface area contributed by atoms with Crippen LogP contribution in [0.15, 0.2) is 53.4 Å². The van der Waals surface area contributed by atoms with Gasteiger partial charge in [-0.2, -0.15) is 4.31 Å². The third-order valence-corrected chi connectivity index (χ3v) is 7.46. The van der Waals surface area contributed by atoms with Gasteiger partial charge in [0.05, 0.1) is 17.1 Å². The third kappa shape index (κ3) is 4.12. The van der Waals surface area contributed by atoms with Gasteiger partial charge in [-0.1, -0.05) is 26.0 Å². The van der Waals surface area contributed by atoms with Gasteiger partial charge in [0, 0.05) is 31.7 Å². The van der Waals surface area contributed by atoms with Crippen molar-refractivity contribution in [2.24, 2.45) is 0 Å². The molecule has 0 saturated carbocycles. The van der Waals surface area contributed by atoms with Crippen molar-refractivity contribution in [2.45, 2.75) is 36.9 Å². The zero-order valence-electron chi connectivity index (χ0n) is 17.0. The lowest BCUT2D eigenvalue weighted by Crippen LogP contribution is -2.61. The molecule has 6 nitrogen and oxygen atoms in total. The molecule has 2 unspecified atom stereocenters. The summed E-state index contributed by atoms with van der Waals surface area (Å²) < 4.78 is 46.3. The van der Waals surface area contributed by atoms with E-state index in [0.717, 1.165) is 12.1 Å². The van der Waals surface area contributed by atoms with Crippen molar-refractivity contribution < 1.29 is 22.3 Å². The summed E-state index contributed by atoms with van der Waals surface area (Å²) in [4.78, 5) is 14.7. The van der Waals surface area contributed by atoms with Crippen molar-refractivity contribution >= 4 is 15.9 Å². The zero-order chi connectivity index (χ0) is 21.5. The van der Waals surface area contributed by atoms with Gasteiger partial charge in [0.15, 0.2) is 0 Å². The number of halogens is 1. The highest BCUT2D eigenvalue weighted by atomic mass is 32.2. The van der Waals surface area contributed by atoms with E-state index in [9.17, 15) is 17.6 Å². The number of carbonyl (C=O) groups excluding carboxylic acids is 1. The van der Waals surface area contributed by atoms with Crippen LogP contribution in [0.1, 0.15) is 35.7 Å². The molecule has 2 saturated heterocycles. The topological polar surface area (TPSA) is 66.9 Å². The van der Waals surface area contributed by atoms with Gasteiger partial charge in [0.25, 0.3) is 5.91 Å². The maximum atomic E-state index is 13.2. The van der Waals surface area contributed by atoms with E-state index >= 15 is 0 Å². The van der Waals surface area contributed by atoms with Gasteiger partial charge < -0.3 is 9.64 Å². The van der Waals surface area contributed by atoms with Gasteiger partial charge in [0.1, 0.15) is 5.82 Å². The molecule has 2 atom stereocenters. The molecule has 0 radical (unpaired) electrons. The summed E-state index contributed by atoms with van der Waals surface area (Å²) in [6.45, 7) is 5.18. The maximum absolute atomic E-state index is 13.2. The number of fused-ring (bicyclic) bond motifs is 2. The average molecular weight is 433 g/mol. The highest BCUT2D eigenvalue weighted by Crippen LogP contribution is 2.26. The third-order valence-electron chi connectivity index (χ3n) is 5.61. The molecule has 0 spiro atoms. The van der Waals surface area contributed by atoms with Crippen LogP contribution >= 0.6 is 0 Å². The van der Waals surface area contributed by atoms with Crippen LogP contribution in [0.3, 0.4) is 0 Å². The van der Waals surface area contributed by atoms with Gasteiger partial charge in [-0.3, -0.25) is 4.79 Å². The lowest BCUT2D eigenvalue weighted by Gasteiger charge is -2.45. The normalized spacial score (nSPS) is 22.3. The molecule has 0 aromatic heterocycles. The molecule has 2 aromatic rings. The molecule has 2 fully saturated rings. The van der Waals surface area contributed by atoms with Gasteiger partial charge >= 0.3 is 0 Å². The van der Waals surface area contributed by atoms with E-state index in [-0.39, 0.29) is 23.9 Å². The number of carbonyl (C=O) groups is 1. The first-order valence-corrected chi connectivity index (χ1v) is 11.5. The summed E-state index contributed by atoms with van der Waals surface area (Å²) in [6, 6.07) is 12.4. The first kappa shape index (κ1) is 21.0. The van der Waals surface area contributed by atoms with Crippen LogP contribution in [0.25, 0.3) is 0 Å². The Balaban J connectivity index is 1.46. The van der Waals surface area contributed by atoms with E-state index in [1.807, 2.05) is 24.3 Å². The quantitative estimate of drug-likeness (QED) is 0.745. The van der Waals surface area contributed by atoms with Crippen molar-refractivity contribution in [3.8, 4) is 0 Å². The zero-order valence-corrected chi connectivity index (χ0v) is 17.8. The number of morpholine rings is 2. The number of hydrogen-bond acceptors (Lipinski definition) is 4. The van der Waals surface area contributed by atoms with Crippen LogP contribution in [0.4, 0.5) is 4.39 Å². The fourth-order valence-electron chi connectivity index (χ4n) is 3.97. The summed E-state index contributed by atoms with van der Waals surface area (Å²) in [5.41, 5.74) is 1.79. The van der Waals surface area contributed by atoms with Crippen molar-refractivity contribution in [1.82, 2.24) is 9.21 Å². The SMILES string of the molecule is CC(C)c1ccc(C(=O)N2CC3CN(S(=O)(=O)c4ccc(F)cc4)CC(C2)O3)cc1. The van der Waals surface area contributed by atoms with E-state index in [1.54, 1.807) is 4.90 Å². The van der Waals surface area contributed by atoms with Crippen molar-refractivity contribution in [3.63, 3.8) is 0 Å². The molecule has 2 aromatic carbocycles. The van der Waals surface area contributed by atoms with E-state index in [4.69, 9.17) is 4.74 Å². The molecule has 8 heteroatoms. The number of rotatable bonds is 4. The first-order chi connectivity index (χ1) is 14.2. The molecule has 0 N–H and O–H groups in total. The number of nitrogens with zero attached hydrogens (tertiary/aromatic N) is 2. The van der Waals surface area contributed by atoms with Crippen LogP contribution < -0.4 is 0 Å². The molecule has 30 heavy (non-hydrogen) atoms. The van der Waals surface area contributed by atoms with Crippen LogP contribution in [-0.4, -0.2) is 61.9 Å². The first-order valence-electron chi connectivity index (χ1n) is 10.0. The molecule has 2 aliphatic heterocycles. The van der Waals surface area contributed by atoms with Gasteiger partial charge in [-0.15, -0.1) is 0 Å². The Morgan fingerprint density at radius 1 is 0.967 bits per heavy atom. The smallest absolute Gasteiger partial charge is 0.254 e. The Labute approximate surface area is 176 Å². The van der Waals surface area contributed by atoms with Crippen LogP contribution in [0.5, 0.6) is 0 Å². The number of ether oxygens (including phenoxy) is 1. The minimum Gasteiger partial charge on any atom is -0.369 e. The summed E-state index contributed by atoms with van der Waals surface area (Å²) in [6.07, 6.45) is -0.793. The number of sulfonamides is 1. The van der Waals surface area contributed by atoms with Crippen molar-refractivity contribution in [3.05, 3.63) is 65.5 Å². The predicted molar refractivity (Wildman–Crippen MR) is 110 cm³/mol. The van der Waals surface area contributed by atoms with Crippen molar-refractivity contribution in [1.29, 1.82) is 0 Å². The van der Waals surface area contributed by atoms with Gasteiger partial charge in [-0.05, 0) is 47.9 Å². The molecule has 2 heterocycles. The Morgan fingerprint density at radius 3 is 2.07 bits per heavy atom. The fraction of sp³-hybridized carbons (Fsp3) is 0.409. The highest BCUT2D eigenvalue weighted by Gasteiger charge is 2.41. The molecular formula is C22H25FN2O4S. The largest absolute Gasteiger partial charge is 0.369 e. The van der Waals surface area contributed by atoms with E-state index in [2.05, 4.69) is 13.8 Å². The van der Waals surface area contributed by atoms with E-state index in [1.165, 1.54) is 22.0 Å². The average Bonchev–Trinajstić information content (AvgIpc) is 2.73. The minimum atomic E-state index is -3.74. The summed E-state index contributed by atoms with van der Waals surface area (Å²) >= 11 is 0. The Hall–Kier alpha value is -2.29. The maximum Gasteiger partial charge on any atom is 0.254 e. The summed E-state index contributed by atoms with van der Waals surface area (Å²) in [5.74, 6) is -0.159. The molecular weight excluding hydrogens is 407 g/mol. The second kappa shape index (κ2) is 8.09. The molecule has 1 amide bonds. The van der Waals surface area contributed by atoms with E-state index in [0.29, 0.717) is 24.6 Å². The standard InChI is InChI=1S/C22H25FN2O4S/c1-15(2)16-3-5-17(6-4-16)22(26)24-11-19-13-25(14-20(12-24)29-19)30(27,28)21-9-7-18(23)8-10-21/h3-10,15,19-20H,11-14H2,1-2H3. The second-order valence-electron chi connectivity index (χ2n) is 8.14. The van der Waals surface area contributed by atoms with E-state index < -0.39 is 28.0 Å². The second-order valence-corrected chi connectivity index (χ2v) is 10.1. The summed E-state index contributed by atoms with van der Waals surface area (Å²) in [7, 11) is -3.74. The number of benzene rings is 2. The summed E-state index contributed by atoms with van der Waals surface area (Å²) in [5, 5.41) is 0. The van der Waals surface area contributed by atoms with Crippen LogP contribution in [-0.2, 0) is 14.8 Å². The Bertz CT molecular complexity index is 1010. The molecule has 2 bridgehead atoms. The van der Waals surface area contributed by atoms with Crippen LogP contribution in [0, 0.1) is 5.82 Å². The number of hydrogen-bond donors (Lipinski definition) is 0. The minimum absolute atomic E-state index is 0.0575. The molecule has 160 valence electrons. The predicted octanol–water partition coefficient (Wildman–Crippen LogP) is 2.86. The lowest BCUT2D eigenvalue weighted by molar-refractivity contribution is -0.113. The fourth-order valence-corrected chi connectivity index (χ4v) is 5.47. The lowest BCUT2D eigenvalue weighted by atomic mass is 10.0. The number of amides is 1. The monoisotopic (exact) mass is 432 g/mol. The van der Waals surface area contributed by atoms with Crippen LogP contribution in [0.2, 0.25) is 0 Å². The Kier molecular flexibility index (Phi) is 5.65. The molecule has 4 rings (SSSR count). The molecule has 2 aliphatic rings.